The lowest BCUT2D eigenvalue weighted by molar-refractivity contribution is 0.0988. The lowest BCUT2D eigenvalue weighted by Crippen LogP contribution is -2.15. The van der Waals surface area contributed by atoms with Crippen LogP contribution >= 0.6 is 0 Å². The maximum Gasteiger partial charge on any atom is 0.162 e. The molecule has 96 valence electrons. The molecule has 1 aliphatic carbocycles. The average Bonchev–Trinajstić information content (AvgIpc) is 2.67. The van der Waals surface area contributed by atoms with Crippen molar-refractivity contribution in [3.63, 3.8) is 0 Å². The Morgan fingerprint density at radius 3 is 2.42 bits per heavy atom. The molecule has 0 aromatic heterocycles. The third-order valence-corrected chi connectivity index (χ3v) is 4.23. The second kappa shape index (κ2) is 4.06. The van der Waals surface area contributed by atoms with Gasteiger partial charge in [-0.15, -0.1) is 0 Å². The van der Waals surface area contributed by atoms with Crippen molar-refractivity contribution in [2.24, 2.45) is 0 Å². The van der Waals surface area contributed by atoms with Crippen molar-refractivity contribution >= 4 is 5.78 Å². The molecular formula is C18H18O. The van der Waals surface area contributed by atoms with Crippen LogP contribution in [-0.2, 0) is 5.41 Å². The van der Waals surface area contributed by atoms with Gasteiger partial charge in [-0.3, -0.25) is 4.79 Å². The summed E-state index contributed by atoms with van der Waals surface area (Å²) in [4.78, 5) is 11.9. The van der Waals surface area contributed by atoms with Gasteiger partial charge in [0.15, 0.2) is 5.78 Å². The van der Waals surface area contributed by atoms with Gasteiger partial charge in [0, 0.05) is 17.4 Å². The maximum atomic E-state index is 11.9. The van der Waals surface area contributed by atoms with Crippen molar-refractivity contribution < 1.29 is 4.79 Å². The molecule has 0 saturated carbocycles. The van der Waals surface area contributed by atoms with Gasteiger partial charge in [0.05, 0.1) is 0 Å². The highest BCUT2D eigenvalue weighted by Crippen LogP contribution is 2.48. The SMILES string of the molecule is CCC(=O)c1ccc2c(c1)C(C)(C)c1ccccc1-2. The maximum absolute atomic E-state index is 11.9. The molecule has 0 saturated heterocycles. The monoisotopic (exact) mass is 250 g/mol. The summed E-state index contributed by atoms with van der Waals surface area (Å²) < 4.78 is 0. The van der Waals surface area contributed by atoms with Crippen LogP contribution in [0.3, 0.4) is 0 Å². The van der Waals surface area contributed by atoms with Crippen molar-refractivity contribution in [1.82, 2.24) is 0 Å². The van der Waals surface area contributed by atoms with E-state index in [1.807, 2.05) is 13.0 Å². The number of carbonyl (C=O) groups excluding carboxylic acids is 1. The molecule has 2 aromatic carbocycles. The van der Waals surface area contributed by atoms with E-state index in [2.05, 4.69) is 50.2 Å². The van der Waals surface area contributed by atoms with E-state index < -0.39 is 0 Å². The van der Waals surface area contributed by atoms with Crippen molar-refractivity contribution in [3.8, 4) is 11.1 Å². The summed E-state index contributed by atoms with van der Waals surface area (Å²) in [6, 6.07) is 14.7. The minimum absolute atomic E-state index is 0.0179. The second-order valence-corrected chi connectivity index (χ2v) is 5.71. The summed E-state index contributed by atoms with van der Waals surface area (Å²) in [5.41, 5.74) is 6.02. The van der Waals surface area contributed by atoms with Crippen molar-refractivity contribution in [1.29, 1.82) is 0 Å². The van der Waals surface area contributed by atoms with E-state index in [4.69, 9.17) is 0 Å². The first kappa shape index (κ1) is 12.2. The van der Waals surface area contributed by atoms with Crippen LogP contribution in [0.15, 0.2) is 42.5 Å². The predicted octanol–water partition coefficient (Wildman–Crippen LogP) is 4.59. The average molecular weight is 250 g/mol. The molecule has 19 heavy (non-hydrogen) atoms. The quantitative estimate of drug-likeness (QED) is 0.713. The van der Waals surface area contributed by atoms with Gasteiger partial charge in [-0.1, -0.05) is 57.2 Å². The van der Waals surface area contributed by atoms with Crippen LogP contribution in [0.4, 0.5) is 0 Å². The van der Waals surface area contributed by atoms with Gasteiger partial charge >= 0.3 is 0 Å². The minimum atomic E-state index is -0.0179. The number of rotatable bonds is 2. The molecule has 0 bridgehead atoms. The van der Waals surface area contributed by atoms with Crippen LogP contribution in [0.5, 0.6) is 0 Å². The zero-order valence-electron chi connectivity index (χ0n) is 11.7. The van der Waals surface area contributed by atoms with Crippen LogP contribution in [-0.4, -0.2) is 5.78 Å². The molecule has 0 unspecified atom stereocenters. The summed E-state index contributed by atoms with van der Waals surface area (Å²) in [6.07, 6.45) is 0.562. The fourth-order valence-corrected chi connectivity index (χ4v) is 3.08. The Balaban J connectivity index is 2.24. The molecule has 2 aromatic rings. The standard InChI is InChI=1S/C18H18O/c1-4-17(19)12-9-10-14-13-7-5-6-8-15(13)18(2,3)16(14)11-12/h5-11H,4H2,1-3H3. The Morgan fingerprint density at radius 1 is 1.00 bits per heavy atom. The van der Waals surface area contributed by atoms with Gasteiger partial charge < -0.3 is 0 Å². The van der Waals surface area contributed by atoms with Crippen molar-refractivity contribution in [2.75, 3.05) is 0 Å². The minimum Gasteiger partial charge on any atom is -0.294 e. The molecule has 3 rings (SSSR count). The molecule has 0 atom stereocenters. The smallest absolute Gasteiger partial charge is 0.162 e. The van der Waals surface area contributed by atoms with Crippen LogP contribution < -0.4 is 0 Å². The normalized spacial score (nSPS) is 14.9. The van der Waals surface area contributed by atoms with Gasteiger partial charge in [0.2, 0.25) is 0 Å². The number of Topliss-reactive ketones (excluding diaryl/α,β-unsaturated/α-hetero) is 1. The van der Waals surface area contributed by atoms with E-state index in [-0.39, 0.29) is 11.2 Å². The van der Waals surface area contributed by atoms with Gasteiger partial charge in [0.25, 0.3) is 0 Å². The van der Waals surface area contributed by atoms with E-state index in [9.17, 15) is 4.79 Å². The summed E-state index contributed by atoms with van der Waals surface area (Å²) in [5.74, 6) is 0.217. The van der Waals surface area contributed by atoms with E-state index >= 15 is 0 Å². The second-order valence-electron chi connectivity index (χ2n) is 5.71. The fraction of sp³-hybridized carbons (Fsp3) is 0.278. The Morgan fingerprint density at radius 2 is 1.68 bits per heavy atom. The molecule has 0 aliphatic heterocycles. The number of benzene rings is 2. The molecule has 0 fully saturated rings. The third-order valence-electron chi connectivity index (χ3n) is 4.23. The summed E-state index contributed by atoms with van der Waals surface area (Å²) in [7, 11) is 0. The van der Waals surface area contributed by atoms with Gasteiger partial charge in [-0.25, -0.2) is 0 Å². The molecule has 1 aliphatic rings. The molecule has 1 nitrogen and oxygen atoms in total. The third kappa shape index (κ3) is 1.65. The Kier molecular flexibility index (Phi) is 2.60. The van der Waals surface area contributed by atoms with Crippen molar-refractivity contribution in [2.45, 2.75) is 32.6 Å². The van der Waals surface area contributed by atoms with E-state index in [0.29, 0.717) is 6.42 Å². The highest BCUT2D eigenvalue weighted by molar-refractivity contribution is 5.97. The molecule has 0 spiro atoms. The molecule has 0 amide bonds. The summed E-state index contributed by atoms with van der Waals surface area (Å²) in [6.45, 7) is 6.38. The number of hydrogen-bond acceptors (Lipinski definition) is 1. The van der Waals surface area contributed by atoms with E-state index in [0.717, 1.165) is 5.56 Å². The predicted molar refractivity (Wildman–Crippen MR) is 78.6 cm³/mol. The molecule has 0 N–H and O–H groups in total. The van der Waals surface area contributed by atoms with E-state index in [1.54, 1.807) is 0 Å². The highest BCUT2D eigenvalue weighted by atomic mass is 16.1. The first-order valence-electron chi connectivity index (χ1n) is 6.83. The number of ketones is 1. The summed E-state index contributed by atoms with van der Waals surface area (Å²) >= 11 is 0. The first-order valence-corrected chi connectivity index (χ1v) is 6.83. The molecule has 1 heteroatoms. The molecule has 0 heterocycles. The lowest BCUT2D eigenvalue weighted by atomic mass is 9.82. The molecular weight excluding hydrogens is 232 g/mol. The lowest BCUT2D eigenvalue weighted by Gasteiger charge is -2.21. The largest absolute Gasteiger partial charge is 0.294 e. The highest BCUT2D eigenvalue weighted by Gasteiger charge is 2.35. The zero-order valence-corrected chi connectivity index (χ0v) is 11.7. The number of carbonyl (C=O) groups is 1. The topological polar surface area (TPSA) is 17.1 Å². The Labute approximate surface area is 114 Å². The van der Waals surface area contributed by atoms with Gasteiger partial charge in [-0.2, -0.15) is 0 Å². The zero-order chi connectivity index (χ0) is 13.6. The first-order chi connectivity index (χ1) is 9.05. The van der Waals surface area contributed by atoms with Crippen LogP contribution in [0.1, 0.15) is 48.7 Å². The van der Waals surface area contributed by atoms with E-state index in [1.165, 1.54) is 22.3 Å². The molecule has 0 radical (unpaired) electrons. The number of hydrogen-bond donors (Lipinski definition) is 0. The van der Waals surface area contributed by atoms with Gasteiger partial charge in [0.1, 0.15) is 0 Å². The fourth-order valence-electron chi connectivity index (χ4n) is 3.08. The Hall–Kier alpha value is -1.89. The number of fused-ring (bicyclic) bond motifs is 3. The van der Waals surface area contributed by atoms with Crippen molar-refractivity contribution in [3.05, 3.63) is 59.2 Å². The van der Waals surface area contributed by atoms with Crippen LogP contribution in [0.2, 0.25) is 0 Å². The van der Waals surface area contributed by atoms with Crippen LogP contribution in [0.25, 0.3) is 11.1 Å². The van der Waals surface area contributed by atoms with Gasteiger partial charge in [-0.05, 0) is 28.3 Å². The summed E-state index contributed by atoms with van der Waals surface area (Å²) in [5, 5.41) is 0. The Bertz CT molecular complexity index is 665. The van der Waals surface area contributed by atoms with Crippen LogP contribution in [0, 0.1) is 0 Å².